The zero-order chi connectivity index (χ0) is 14.5. The number of carbonyl (C=O) groups is 1. The van der Waals surface area contributed by atoms with Crippen LogP contribution >= 0.6 is 0 Å². The highest BCUT2D eigenvalue weighted by Gasteiger charge is 2.32. The molecule has 1 aromatic heterocycles. The quantitative estimate of drug-likeness (QED) is 0.858. The molecule has 5 heteroatoms. The Kier molecular flexibility index (Phi) is 4.83. The molecule has 114 valence electrons. The van der Waals surface area contributed by atoms with E-state index < -0.39 is 0 Å². The number of amides is 1. The molecule has 3 rings (SSSR count). The molecule has 2 heterocycles. The first-order valence-electron chi connectivity index (χ1n) is 7.83. The van der Waals surface area contributed by atoms with E-state index in [2.05, 4.69) is 10.3 Å². The molecule has 0 bridgehead atoms. The van der Waals surface area contributed by atoms with Crippen LogP contribution in [0.3, 0.4) is 0 Å². The van der Waals surface area contributed by atoms with Gasteiger partial charge >= 0.3 is 0 Å². The minimum absolute atomic E-state index is 0.118. The second kappa shape index (κ2) is 7.00. The van der Waals surface area contributed by atoms with Crippen molar-refractivity contribution in [1.29, 1.82) is 0 Å². The van der Waals surface area contributed by atoms with Gasteiger partial charge in [-0.1, -0.05) is 0 Å². The van der Waals surface area contributed by atoms with Crippen molar-refractivity contribution in [1.82, 2.24) is 15.2 Å². The van der Waals surface area contributed by atoms with Crippen LogP contribution in [0.5, 0.6) is 0 Å². The molecule has 2 aliphatic rings. The van der Waals surface area contributed by atoms with Gasteiger partial charge in [0.05, 0.1) is 6.10 Å². The number of hydrogen-bond donors (Lipinski definition) is 1. The number of carbonyl (C=O) groups excluding carboxylic acids is 1. The first kappa shape index (κ1) is 14.5. The molecule has 0 radical (unpaired) electrons. The van der Waals surface area contributed by atoms with Crippen molar-refractivity contribution in [2.24, 2.45) is 0 Å². The molecule has 1 aliphatic carbocycles. The molecule has 0 spiro atoms. The molecule has 2 fully saturated rings. The second-order valence-electron chi connectivity index (χ2n) is 5.87. The van der Waals surface area contributed by atoms with Crippen LogP contribution in [0.15, 0.2) is 24.5 Å². The highest BCUT2D eigenvalue weighted by molar-refractivity contribution is 5.78. The summed E-state index contributed by atoms with van der Waals surface area (Å²) in [6, 6.07) is 4.34. The summed E-state index contributed by atoms with van der Waals surface area (Å²) in [4.78, 5) is 18.4. The van der Waals surface area contributed by atoms with Crippen LogP contribution in [0.4, 0.5) is 0 Å². The van der Waals surface area contributed by atoms with E-state index in [1.165, 1.54) is 0 Å². The van der Waals surface area contributed by atoms with Gasteiger partial charge < -0.3 is 15.0 Å². The van der Waals surface area contributed by atoms with Crippen LogP contribution in [0.25, 0.3) is 0 Å². The van der Waals surface area contributed by atoms with E-state index in [1.54, 1.807) is 12.4 Å². The van der Waals surface area contributed by atoms with Crippen molar-refractivity contribution in [2.45, 2.75) is 44.4 Å². The third-order valence-electron chi connectivity index (χ3n) is 4.14. The molecule has 1 amide bonds. The molecular formula is C16H23N3O2. The molecule has 1 N–H and O–H groups in total. The molecule has 0 atom stereocenters. The number of aromatic nitrogens is 1. The predicted molar refractivity (Wildman–Crippen MR) is 79.7 cm³/mol. The van der Waals surface area contributed by atoms with Gasteiger partial charge in [-0.15, -0.1) is 0 Å². The SMILES string of the molecule is O=C(COC1CCNCC1)N(Cc1ccncc1)C1CC1. The van der Waals surface area contributed by atoms with Gasteiger partial charge in [-0.3, -0.25) is 9.78 Å². The van der Waals surface area contributed by atoms with Crippen molar-refractivity contribution in [3.05, 3.63) is 30.1 Å². The summed E-state index contributed by atoms with van der Waals surface area (Å²) in [5.41, 5.74) is 1.13. The number of pyridine rings is 1. The maximum absolute atomic E-state index is 12.4. The van der Waals surface area contributed by atoms with Gasteiger partial charge in [0.25, 0.3) is 0 Å². The monoisotopic (exact) mass is 289 g/mol. The summed E-state index contributed by atoms with van der Waals surface area (Å²) >= 11 is 0. The van der Waals surface area contributed by atoms with Crippen molar-refractivity contribution in [2.75, 3.05) is 19.7 Å². The molecule has 1 aromatic rings. The van der Waals surface area contributed by atoms with Gasteiger partial charge in [-0.25, -0.2) is 0 Å². The van der Waals surface area contributed by atoms with Crippen LogP contribution in [-0.4, -0.2) is 47.6 Å². The Morgan fingerprint density at radius 1 is 1.24 bits per heavy atom. The molecule has 1 saturated heterocycles. The van der Waals surface area contributed by atoms with Crippen molar-refractivity contribution in [3.63, 3.8) is 0 Å². The minimum atomic E-state index is 0.118. The van der Waals surface area contributed by atoms with Gasteiger partial charge in [-0.05, 0) is 56.5 Å². The Balaban J connectivity index is 1.52. The third kappa shape index (κ3) is 4.25. The second-order valence-corrected chi connectivity index (χ2v) is 5.87. The number of ether oxygens (including phenoxy) is 1. The number of rotatable bonds is 6. The van der Waals surface area contributed by atoms with Gasteiger partial charge in [0.2, 0.25) is 5.91 Å². The minimum Gasteiger partial charge on any atom is -0.368 e. The van der Waals surface area contributed by atoms with Crippen molar-refractivity contribution in [3.8, 4) is 0 Å². The van der Waals surface area contributed by atoms with E-state index in [0.29, 0.717) is 12.6 Å². The van der Waals surface area contributed by atoms with Crippen LogP contribution in [0, 0.1) is 0 Å². The summed E-state index contributed by atoms with van der Waals surface area (Å²) in [7, 11) is 0. The number of hydrogen-bond acceptors (Lipinski definition) is 4. The molecule has 5 nitrogen and oxygen atoms in total. The van der Waals surface area contributed by atoms with Crippen LogP contribution in [-0.2, 0) is 16.1 Å². The highest BCUT2D eigenvalue weighted by atomic mass is 16.5. The number of piperidine rings is 1. The summed E-state index contributed by atoms with van der Waals surface area (Å²) in [5, 5.41) is 3.30. The van der Waals surface area contributed by atoms with Crippen molar-refractivity contribution >= 4 is 5.91 Å². The fourth-order valence-electron chi connectivity index (χ4n) is 2.73. The molecule has 0 unspecified atom stereocenters. The summed E-state index contributed by atoms with van der Waals surface area (Å²) < 4.78 is 5.80. The molecule has 21 heavy (non-hydrogen) atoms. The maximum Gasteiger partial charge on any atom is 0.249 e. The van der Waals surface area contributed by atoms with Crippen LogP contribution < -0.4 is 5.32 Å². The van der Waals surface area contributed by atoms with Gasteiger partial charge in [0.1, 0.15) is 6.61 Å². The van der Waals surface area contributed by atoms with Gasteiger partial charge in [-0.2, -0.15) is 0 Å². The molecular weight excluding hydrogens is 266 g/mol. The average molecular weight is 289 g/mol. The maximum atomic E-state index is 12.4. The van der Waals surface area contributed by atoms with E-state index in [9.17, 15) is 4.79 Å². The molecule has 0 aromatic carbocycles. The smallest absolute Gasteiger partial charge is 0.249 e. The summed E-state index contributed by atoms with van der Waals surface area (Å²) in [6.07, 6.45) is 8.01. The third-order valence-corrected chi connectivity index (χ3v) is 4.14. The Morgan fingerprint density at radius 3 is 2.62 bits per heavy atom. The van der Waals surface area contributed by atoms with Crippen LogP contribution in [0.2, 0.25) is 0 Å². The lowest BCUT2D eigenvalue weighted by Crippen LogP contribution is -2.38. The Bertz CT molecular complexity index is 456. The van der Waals surface area contributed by atoms with E-state index in [0.717, 1.165) is 44.3 Å². The van der Waals surface area contributed by atoms with E-state index in [4.69, 9.17) is 4.74 Å². The molecule has 1 aliphatic heterocycles. The molecule has 1 saturated carbocycles. The summed E-state index contributed by atoms with van der Waals surface area (Å²) in [6.45, 7) is 2.86. The Morgan fingerprint density at radius 2 is 1.95 bits per heavy atom. The number of nitrogens with one attached hydrogen (secondary N) is 1. The largest absolute Gasteiger partial charge is 0.368 e. The zero-order valence-corrected chi connectivity index (χ0v) is 12.3. The van der Waals surface area contributed by atoms with Gasteiger partial charge in [0, 0.05) is 25.0 Å². The Labute approximate surface area is 125 Å². The summed E-state index contributed by atoms with van der Waals surface area (Å²) in [5.74, 6) is 0.118. The highest BCUT2D eigenvalue weighted by Crippen LogP contribution is 2.28. The lowest BCUT2D eigenvalue weighted by atomic mass is 10.1. The first-order valence-corrected chi connectivity index (χ1v) is 7.83. The lowest BCUT2D eigenvalue weighted by molar-refractivity contribution is -0.140. The predicted octanol–water partition coefficient (Wildman–Crippen LogP) is 1.34. The standard InChI is InChI=1S/C16H23N3O2/c20-16(12-21-15-5-9-18-10-6-15)19(14-1-2-14)11-13-3-7-17-8-4-13/h3-4,7-8,14-15,18H,1-2,5-6,9-12H2. The normalized spacial score (nSPS) is 19.4. The van der Waals surface area contributed by atoms with E-state index in [1.807, 2.05) is 17.0 Å². The van der Waals surface area contributed by atoms with Crippen molar-refractivity contribution < 1.29 is 9.53 Å². The number of nitrogens with zero attached hydrogens (tertiary/aromatic N) is 2. The van der Waals surface area contributed by atoms with Gasteiger partial charge in [0.15, 0.2) is 0 Å². The first-order chi connectivity index (χ1) is 10.3. The fraction of sp³-hybridized carbons (Fsp3) is 0.625. The van der Waals surface area contributed by atoms with E-state index in [-0.39, 0.29) is 18.6 Å². The van der Waals surface area contributed by atoms with E-state index >= 15 is 0 Å². The Hall–Kier alpha value is -1.46. The lowest BCUT2D eigenvalue weighted by Gasteiger charge is -2.26. The zero-order valence-electron chi connectivity index (χ0n) is 12.3. The average Bonchev–Trinajstić information content (AvgIpc) is 3.37. The van der Waals surface area contributed by atoms with Crippen LogP contribution in [0.1, 0.15) is 31.2 Å². The topological polar surface area (TPSA) is 54.5 Å². The fourth-order valence-corrected chi connectivity index (χ4v) is 2.73.